The zero-order valence-corrected chi connectivity index (χ0v) is 13.9. The molecule has 6 heteroatoms. The number of ether oxygens (including phenoxy) is 1. The molecule has 2 rings (SSSR count). The normalized spacial score (nSPS) is 11.9. The molecule has 0 fully saturated rings. The first-order valence-electron chi connectivity index (χ1n) is 7.95. The maximum atomic E-state index is 12.2. The lowest BCUT2D eigenvalue weighted by molar-refractivity contribution is -0.121. The van der Waals surface area contributed by atoms with Gasteiger partial charge in [0.2, 0.25) is 0 Å². The van der Waals surface area contributed by atoms with Gasteiger partial charge >= 0.3 is 0 Å². The van der Waals surface area contributed by atoms with Crippen molar-refractivity contribution in [3.05, 3.63) is 54.4 Å². The van der Waals surface area contributed by atoms with Crippen molar-refractivity contribution in [2.45, 2.75) is 26.3 Å². The summed E-state index contributed by atoms with van der Waals surface area (Å²) < 4.78 is 5.40. The van der Waals surface area contributed by atoms with Crippen molar-refractivity contribution >= 4 is 17.8 Å². The van der Waals surface area contributed by atoms with Crippen molar-refractivity contribution in [3.8, 4) is 5.75 Å². The van der Waals surface area contributed by atoms with E-state index in [9.17, 15) is 4.79 Å². The van der Waals surface area contributed by atoms with Gasteiger partial charge in [-0.3, -0.25) is 9.78 Å². The lowest BCUT2D eigenvalue weighted by atomic mass is 10.2. The van der Waals surface area contributed by atoms with E-state index in [0.29, 0.717) is 13.0 Å². The lowest BCUT2D eigenvalue weighted by Gasteiger charge is -2.16. The highest BCUT2D eigenvalue weighted by Gasteiger charge is 2.15. The van der Waals surface area contributed by atoms with Crippen LogP contribution in [0, 0.1) is 0 Å². The quantitative estimate of drug-likeness (QED) is 0.578. The van der Waals surface area contributed by atoms with Gasteiger partial charge in [0.15, 0.2) is 0 Å². The molecule has 2 aromatic rings. The molecule has 0 aliphatic carbocycles. The number of carbonyl (C=O) groups is 1. The summed E-state index contributed by atoms with van der Waals surface area (Å²) in [4.78, 5) is 16.2. The summed E-state index contributed by atoms with van der Waals surface area (Å²) in [5.74, 6) is 0.619. The molecule has 0 saturated heterocycles. The van der Waals surface area contributed by atoms with Crippen molar-refractivity contribution in [2.75, 3.05) is 11.9 Å². The third kappa shape index (κ3) is 5.39. The summed E-state index contributed by atoms with van der Waals surface area (Å²) in [5, 5.41) is 7.16. The molecule has 2 N–H and O–H groups in total. The van der Waals surface area contributed by atoms with Crippen LogP contribution in [0.4, 0.5) is 5.69 Å². The number of hydrogen-bond acceptors (Lipinski definition) is 5. The first-order chi connectivity index (χ1) is 11.7. The second kappa shape index (κ2) is 9.29. The Morgan fingerprint density at radius 3 is 2.71 bits per heavy atom. The molecule has 0 bridgehead atoms. The van der Waals surface area contributed by atoms with E-state index in [0.717, 1.165) is 17.0 Å². The Hall–Kier alpha value is -2.89. The molecule has 6 nitrogen and oxygen atoms in total. The Kier molecular flexibility index (Phi) is 6.76. The zero-order chi connectivity index (χ0) is 17.2. The number of hydrazone groups is 1. The van der Waals surface area contributed by atoms with Crippen molar-refractivity contribution in [3.63, 3.8) is 0 Å². The summed E-state index contributed by atoms with van der Waals surface area (Å²) in [6.45, 7) is 4.51. The highest BCUT2D eigenvalue weighted by molar-refractivity contribution is 5.86. The number of nitrogens with one attached hydrogen (secondary N) is 2. The number of rotatable bonds is 8. The van der Waals surface area contributed by atoms with Crippen LogP contribution in [0.3, 0.4) is 0 Å². The summed E-state index contributed by atoms with van der Waals surface area (Å²) in [5.41, 5.74) is 4.23. The molecule has 1 atom stereocenters. The van der Waals surface area contributed by atoms with Crippen LogP contribution in [-0.2, 0) is 4.79 Å². The fourth-order valence-electron chi connectivity index (χ4n) is 2.07. The van der Waals surface area contributed by atoms with Crippen LogP contribution in [0.1, 0.15) is 25.8 Å². The summed E-state index contributed by atoms with van der Waals surface area (Å²) >= 11 is 0. The number of anilines is 1. The van der Waals surface area contributed by atoms with E-state index < -0.39 is 0 Å². The van der Waals surface area contributed by atoms with Gasteiger partial charge < -0.3 is 10.1 Å². The van der Waals surface area contributed by atoms with Crippen LogP contribution in [0.15, 0.2) is 53.9 Å². The smallest absolute Gasteiger partial charge is 0.262 e. The highest BCUT2D eigenvalue weighted by atomic mass is 16.5. The van der Waals surface area contributed by atoms with E-state index >= 15 is 0 Å². The summed E-state index contributed by atoms with van der Waals surface area (Å²) in [6.07, 6.45) is 5.56. The first kappa shape index (κ1) is 17.5. The number of hydrogen-bond donors (Lipinski definition) is 2. The van der Waals surface area contributed by atoms with E-state index in [1.54, 1.807) is 18.6 Å². The summed E-state index contributed by atoms with van der Waals surface area (Å²) in [7, 11) is 0. The molecule has 0 radical (unpaired) electrons. The number of carbonyl (C=O) groups excluding carboxylic acids is 1. The minimum absolute atomic E-state index is 0.188. The minimum Gasteiger partial charge on any atom is -0.494 e. The van der Waals surface area contributed by atoms with Crippen LogP contribution in [0.2, 0.25) is 0 Å². The first-order valence-corrected chi connectivity index (χ1v) is 7.95. The lowest BCUT2D eigenvalue weighted by Crippen LogP contribution is -2.36. The number of pyridine rings is 1. The highest BCUT2D eigenvalue weighted by Crippen LogP contribution is 2.17. The molecular weight excluding hydrogens is 304 g/mol. The topological polar surface area (TPSA) is 75.6 Å². The van der Waals surface area contributed by atoms with Gasteiger partial charge in [0.1, 0.15) is 11.8 Å². The van der Waals surface area contributed by atoms with Gasteiger partial charge in [-0.25, -0.2) is 5.43 Å². The van der Waals surface area contributed by atoms with Gasteiger partial charge in [0.25, 0.3) is 5.91 Å². The van der Waals surface area contributed by atoms with Crippen LogP contribution in [0.5, 0.6) is 5.75 Å². The number of nitrogens with zero attached hydrogens (tertiary/aromatic N) is 2. The van der Waals surface area contributed by atoms with Gasteiger partial charge in [0.05, 0.1) is 12.8 Å². The van der Waals surface area contributed by atoms with Crippen molar-refractivity contribution in [1.82, 2.24) is 10.4 Å². The van der Waals surface area contributed by atoms with E-state index in [1.807, 2.05) is 50.2 Å². The number of amides is 1. The average molecular weight is 326 g/mol. The van der Waals surface area contributed by atoms with E-state index in [2.05, 4.69) is 20.8 Å². The molecule has 24 heavy (non-hydrogen) atoms. The van der Waals surface area contributed by atoms with Gasteiger partial charge in [0, 0.05) is 23.6 Å². The average Bonchev–Trinajstić information content (AvgIpc) is 2.62. The molecule has 0 spiro atoms. The van der Waals surface area contributed by atoms with E-state index in [4.69, 9.17) is 4.74 Å². The van der Waals surface area contributed by atoms with E-state index in [1.165, 1.54) is 0 Å². The number of aromatic nitrogens is 1. The Morgan fingerprint density at radius 2 is 2.08 bits per heavy atom. The molecule has 0 aliphatic rings. The van der Waals surface area contributed by atoms with Gasteiger partial charge in [-0.2, -0.15) is 5.10 Å². The largest absolute Gasteiger partial charge is 0.494 e. The molecule has 126 valence electrons. The van der Waals surface area contributed by atoms with Crippen molar-refractivity contribution in [2.24, 2.45) is 5.10 Å². The van der Waals surface area contributed by atoms with Crippen molar-refractivity contribution < 1.29 is 9.53 Å². The van der Waals surface area contributed by atoms with Gasteiger partial charge in [-0.05, 0) is 43.7 Å². The maximum Gasteiger partial charge on any atom is 0.262 e. The third-order valence-electron chi connectivity index (χ3n) is 3.30. The fourth-order valence-corrected chi connectivity index (χ4v) is 2.07. The fraction of sp³-hybridized carbons (Fsp3) is 0.278. The Balaban J connectivity index is 1.90. The molecule has 0 saturated carbocycles. The van der Waals surface area contributed by atoms with Crippen LogP contribution < -0.4 is 15.5 Å². The standard InChI is InChI=1S/C18H22N4O2/c1-3-17(21-15-7-9-16(10-8-15)24-4-2)18(23)22-20-13-14-6-5-11-19-12-14/h5-13,17,21H,3-4H2,1-2H3,(H,22,23). The number of benzene rings is 1. The van der Waals surface area contributed by atoms with Gasteiger partial charge in [-0.15, -0.1) is 0 Å². The third-order valence-corrected chi connectivity index (χ3v) is 3.30. The SMILES string of the molecule is CCOc1ccc(NC(CC)C(=O)NN=Cc2cccnc2)cc1. The molecule has 1 aromatic heterocycles. The molecule has 1 unspecified atom stereocenters. The zero-order valence-electron chi connectivity index (χ0n) is 13.9. The molecule has 1 aromatic carbocycles. The van der Waals surface area contributed by atoms with Crippen LogP contribution >= 0.6 is 0 Å². The van der Waals surface area contributed by atoms with Gasteiger partial charge in [-0.1, -0.05) is 13.0 Å². The maximum absolute atomic E-state index is 12.2. The monoisotopic (exact) mass is 326 g/mol. The minimum atomic E-state index is -0.367. The van der Waals surface area contributed by atoms with E-state index in [-0.39, 0.29) is 11.9 Å². The summed E-state index contributed by atoms with van der Waals surface area (Å²) in [6, 6.07) is 10.8. The second-order valence-corrected chi connectivity index (χ2v) is 5.08. The molecular formula is C18H22N4O2. The Labute approximate surface area is 142 Å². The molecule has 1 amide bonds. The predicted molar refractivity (Wildman–Crippen MR) is 95.3 cm³/mol. The van der Waals surface area contributed by atoms with Crippen LogP contribution in [-0.4, -0.2) is 29.8 Å². The molecule has 0 aliphatic heterocycles. The van der Waals surface area contributed by atoms with Crippen LogP contribution in [0.25, 0.3) is 0 Å². The Morgan fingerprint density at radius 1 is 1.29 bits per heavy atom. The molecule has 1 heterocycles. The Bertz CT molecular complexity index is 656. The predicted octanol–water partition coefficient (Wildman–Crippen LogP) is 2.82. The second-order valence-electron chi connectivity index (χ2n) is 5.08. The van der Waals surface area contributed by atoms with Crippen molar-refractivity contribution in [1.29, 1.82) is 0 Å².